The number of hydrogen-bond donors (Lipinski definition) is 2. The molecule has 0 saturated carbocycles. The molecule has 0 radical (unpaired) electrons. The van der Waals surface area contributed by atoms with E-state index in [2.05, 4.69) is 22.8 Å². The fourth-order valence-electron chi connectivity index (χ4n) is 2.70. The van der Waals surface area contributed by atoms with Gasteiger partial charge in [0.15, 0.2) is 6.61 Å². The first-order valence-corrected chi connectivity index (χ1v) is 8.56. The molecule has 1 aliphatic rings. The molecule has 0 bridgehead atoms. The molecule has 0 aliphatic carbocycles. The quantitative estimate of drug-likeness (QED) is 0.756. The Balaban J connectivity index is 1.77. The van der Waals surface area contributed by atoms with E-state index in [4.69, 9.17) is 4.74 Å². The van der Waals surface area contributed by atoms with Gasteiger partial charge in [-0.25, -0.2) is 4.79 Å². The Labute approximate surface area is 147 Å². The summed E-state index contributed by atoms with van der Waals surface area (Å²) in [6, 6.07) is 7.13. The summed E-state index contributed by atoms with van der Waals surface area (Å²) < 4.78 is 5.04. The van der Waals surface area contributed by atoms with E-state index in [1.54, 1.807) is 6.92 Å². The molecule has 7 nitrogen and oxygen atoms in total. The summed E-state index contributed by atoms with van der Waals surface area (Å²) >= 11 is 0. The predicted octanol–water partition coefficient (Wildman–Crippen LogP) is 1.21. The average Bonchev–Trinajstić information content (AvgIpc) is 2.63. The fraction of sp³-hybridized carbons (Fsp3) is 0.500. The molecule has 1 aliphatic heterocycles. The highest BCUT2D eigenvalue weighted by molar-refractivity contribution is 5.95. The zero-order chi connectivity index (χ0) is 18.2. The topological polar surface area (TPSA) is 87.7 Å². The number of fused-ring (bicyclic) bond motifs is 1. The van der Waals surface area contributed by atoms with Crippen molar-refractivity contribution < 1.29 is 19.1 Å². The van der Waals surface area contributed by atoms with Gasteiger partial charge in [0.05, 0.1) is 0 Å². The highest BCUT2D eigenvalue weighted by Crippen LogP contribution is 2.20. The van der Waals surface area contributed by atoms with Crippen molar-refractivity contribution >= 4 is 17.9 Å². The van der Waals surface area contributed by atoms with Crippen LogP contribution in [0.4, 0.5) is 4.79 Å². The van der Waals surface area contributed by atoms with Crippen LogP contribution < -0.4 is 10.6 Å². The zero-order valence-electron chi connectivity index (χ0n) is 14.7. The number of ether oxygens (including phenoxy) is 1. The van der Waals surface area contributed by atoms with Crippen LogP contribution in [-0.2, 0) is 27.3 Å². The van der Waals surface area contributed by atoms with Gasteiger partial charge in [-0.15, -0.1) is 0 Å². The Bertz CT molecular complexity index is 633. The number of benzene rings is 1. The first-order valence-electron chi connectivity index (χ1n) is 8.56. The normalized spacial score (nSPS) is 15.0. The highest BCUT2D eigenvalue weighted by atomic mass is 16.5. The van der Waals surface area contributed by atoms with Gasteiger partial charge in [0.2, 0.25) is 0 Å². The van der Waals surface area contributed by atoms with Gasteiger partial charge in [0.25, 0.3) is 5.91 Å². The van der Waals surface area contributed by atoms with Crippen LogP contribution >= 0.6 is 0 Å². The van der Waals surface area contributed by atoms with Gasteiger partial charge in [-0.3, -0.25) is 19.8 Å². The Hall–Kier alpha value is -2.41. The fourth-order valence-corrected chi connectivity index (χ4v) is 2.70. The number of carbonyl (C=O) groups is 3. The smallest absolute Gasteiger partial charge is 0.323 e. The van der Waals surface area contributed by atoms with Gasteiger partial charge in [-0.1, -0.05) is 31.2 Å². The maximum absolute atomic E-state index is 12.2. The van der Waals surface area contributed by atoms with Gasteiger partial charge >= 0.3 is 12.0 Å². The molecular formula is C18H25N3O4. The maximum Gasteiger partial charge on any atom is 0.323 e. The molecule has 0 unspecified atom stereocenters. The molecule has 2 rings (SSSR count). The van der Waals surface area contributed by atoms with E-state index in [0.717, 1.165) is 19.4 Å². The lowest BCUT2D eigenvalue weighted by Crippen LogP contribution is -2.45. The molecule has 136 valence electrons. The van der Waals surface area contributed by atoms with Crippen molar-refractivity contribution in [1.29, 1.82) is 0 Å². The predicted molar refractivity (Wildman–Crippen MR) is 92.8 cm³/mol. The van der Waals surface area contributed by atoms with E-state index in [1.165, 1.54) is 11.1 Å². The van der Waals surface area contributed by atoms with Crippen molar-refractivity contribution in [2.75, 3.05) is 19.7 Å². The Morgan fingerprint density at radius 2 is 1.96 bits per heavy atom. The lowest BCUT2D eigenvalue weighted by molar-refractivity contribution is -0.153. The van der Waals surface area contributed by atoms with Crippen molar-refractivity contribution in [1.82, 2.24) is 15.5 Å². The van der Waals surface area contributed by atoms with E-state index in [-0.39, 0.29) is 0 Å². The van der Waals surface area contributed by atoms with Crippen molar-refractivity contribution in [2.24, 2.45) is 0 Å². The number of hydrogen-bond acceptors (Lipinski definition) is 5. The lowest BCUT2D eigenvalue weighted by atomic mass is 9.99. The minimum Gasteiger partial charge on any atom is -0.454 e. The van der Waals surface area contributed by atoms with Crippen molar-refractivity contribution in [3.63, 3.8) is 0 Å². The molecule has 3 amide bonds. The summed E-state index contributed by atoms with van der Waals surface area (Å²) in [5, 5.41) is 4.64. The van der Waals surface area contributed by atoms with Crippen LogP contribution in [0.25, 0.3) is 0 Å². The standard InChI is InChI=1S/C18H25N3O4/c1-3-9-19-18(24)20-16(22)12-25-17(23)13(2)21-10-8-14-6-4-5-7-15(14)11-21/h4-7,13H,3,8-12H2,1-2H3,(H2,19,20,22,24)/t13-/m1/s1. The zero-order valence-corrected chi connectivity index (χ0v) is 14.7. The van der Waals surface area contributed by atoms with E-state index in [9.17, 15) is 14.4 Å². The maximum atomic E-state index is 12.2. The Kier molecular flexibility index (Phi) is 6.94. The van der Waals surface area contributed by atoms with Gasteiger partial charge in [0.1, 0.15) is 6.04 Å². The molecular weight excluding hydrogens is 322 g/mol. The van der Waals surface area contributed by atoms with Crippen molar-refractivity contribution in [3.05, 3.63) is 35.4 Å². The second-order valence-corrected chi connectivity index (χ2v) is 6.08. The van der Waals surface area contributed by atoms with Crippen molar-refractivity contribution in [2.45, 2.75) is 39.3 Å². The molecule has 2 N–H and O–H groups in total. The molecule has 0 fully saturated rings. The van der Waals surface area contributed by atoms with Gasteiger partial charge < -0.3 is 10.1 Å². The van der Waals surface area contributed by atoms with Crippen molar-refractivity contribution in [3.8, 4) is 0 Å². The first-order chi connectivity index (χ1) is 12.0. The average molecular weight is 347 g/mol. The number of imide groups is 1. The summed E-state index contributed by atoms with van der Waals surface area (Å²) in [7, 11) is 0. The summed E-state index contributed by atoms with van der Waals surface area (Å²) in [5.41, 5.74) is 2.51. The molecule has 0 aromatic heterocycles. The van der Waals surface area contributed by atoms with Gasteiger partial charge in [-0.05, 0) is 30.9 Å². The molecule has 0 spiro atoms. The first kappa shape index (κ1) is 18.9. The minimum atomic E-state index is -0.641. The number of amides is 3. The Morgan fingerprint density at radius 1 is 1.24 bits per heavy atom. The second kappa shape index (κ2) is 9.17. The molecule has 1 aromatic carbocycles. The van der Waals surface area contributed by atoms with Crippen LogP contribution in [0.3, 0.4) is 0 Å². The summed E-state index contributed by atoms with van der Waals surface area (Å²) in [5.74, 6) is -1.11. The largest absolute Gasteiger partial charge is 0.454 e. The molecule has 0 saturated heterocycles. The summed E-state index contributed by atoms with van der Waals surface area (Å²) in [6.07, 6.45) is 1.65. The van der Waals surface area contributed by atoms with Crippen LogP contribution in [0.5, 0.6) is 0 Å². The van der Waals surface area contributed by atoms with E-state index in [0.29, 0.717) is 13.1 Å². The number of rotatable bonds is 6. The lowest BCUT2D eigenvalue weighted by Gasteiger charge is -2.32. The second-order valence-electron chi connectivity index (χ2n) is 6.08. The van der Waals surface area contributed by atoms with E-state index in [1.807, 2.05) is 24.0 Å². The molecule has 25 heavy (non-hydrogen) atoms. The number of carbonyl (C=O) groups excluding carboxylic acids is 3. The number of nitrogens with zero attached hydrogens (tertiary/aromatic N) is 1. The highest BCUT2D eigenvalue weighted by Gasteiger charge is 2.26. The van der Waals surface area contributed by atoms with Gasteiger partial charge in [0, 0.05) is 19.6 Å². The van der Waals surface area contributed by atoms with Crippen LogP contribution in [0.15, 0.2) is 24.3 Å². The van der Waals surface area contributed by atoms with Crippen LogP contribution in [0, 0.1) is 0 Å². The van der Waals surface area contributed by atoms with Crippen LogP contribution in [0.2, 0.25) is 0 Å². The number of nitrogens with one attached hydrogen (secondary N) is 2. The van der Waals surface area contributed by atoms with E-state index < -0.39 is 30.6 Å². The molecule has 1 atom stereocenters. The summed E-state index contributed by atoms with van der Waals surface area (Å²) in [4.78, 5) is 37.2. The van der Waals surface area contributed by atoms with Crippen LogP contribution in [-0.4, -0.2) is 48.5 Å². The third-order valence-electron chi connectivity index (χ3n) is 4.18. The molecule has 1 aromatic rings. The number of urea groups is 1. The van der Waals surface area contributed by atoms with Gasteiger partial charge in [-0.2, -0.15) is 0 Å². The molecule has 7 heteroatoms. The Morgan fingerprint density at radius 3 is 2.68 bits per heavy atom. The molecule has 1 heterocycles. The van der Waals surface area contributed by atoms with E-state index >= 15 is 0 Å². The summed E-state index contributed by atoms with van der Waals surface area (Å²) in [6.45, 7) is 5.13. The van der Waals surface area contributed by atoms with Crippen LogP contribution in [0.1, 0.15) is 31.4 Å². The minimum absolute atomic E-state index is 0.449. The SMILES string of the molecule is CCCNC(=O)NC(=O)COC(=O)[C@@H](C)N1CCc2ccccc2C1. The third kappa shape index (κ3) is 5.56. The monoisotopic (exact) mass is 347 g/mol. The third-order valence-corrected chi connectivity index (χ3v) is 4.18. The number of esters is 1.